The zero-order chi connectivity index (χ0) is 13.7. The maximum absolute atomic E-state index is 11.7. The Kier molecular flexibility index (Phi) is 4.30. The quantitative estimate of drug-likeness (QED) is 0.842. The van der Waals surface area contributed by atoms with E-state index in [0.29, 0.717) is 16.1 Å². The van der Waals surface area contributed by atoms with E-state index in [1.54, 1.807) is 18.3 Å². The molecule has 1 aromatic carbocycles. The molecule has 1 heterocycles. The third-order valence-corrected chi connectivity index (χ3v) is 2.71. The van der Waals surface area contributed by atoms with Crippen LogP contribution in [0.3, 0.4) is 0 Å². The van der Waals surface area contributed by atoms with Crippen molar-refractivity contribution in [2.75, 3.05) is 11.9 Å². The SMILES string of the molecule is Cc1ccc(OCC(=O)Nc2ccc(=S)[nH]c2)cc1. The van der Waals surface area contributed by atoms with Gasteiger partial charge in [-0.15, -0.1) is 0 Å². The summed E-state index contributed by atoms with van der Waals surface area (Å²) < 4.78 is 6.00. The molecule has 98 valence electrons. The lowest BCUT2D eigenvalue weighted by Crippen LogP contribution is -2.20. The van der Waals surface area contributed by atoms with Crippen molar-refractivity contribution in [3.05, 3.63) is 52.8 Å². The first-order valence-electron chi connectivity index (χ1n) is 5.81. The van der Waals surface area contributed by atoms with Crippen molar-refractivity contribution in [2.24, 2.45) is 0 Å². The van der Waals surface area contributed by atoms with E-state index in [9.17, 15) is 4.79 Å². The Bertz CT molecular complexity index is 600. The van der Waals surface area contributed by atoms with Crippen LogP contribution in [0.5, 0.6) is 5.75 Å². The molecule has 0 fully saturated rings. The van der Waals surface area contributed by atoms with E-state index < -0.39 is 0 Å². The van der Waals surface area contributed by atoms with Crippen LogP contribution in [0.4, 0.5) is 5.69 Å². The van der Waals surface area contributed by atoms with Crippen LogP contribution in [-0.4, -0.2) is 17.5 Å². The number of anilines is 1. The van der Waals surface area contributed by atoms with Crippen molar-refractivity contribution >= 4 is 23.8 Å². The Morgan fingerprint density at radius 1 is 1.26 bits per heavy atom. The number of aryl methyl sites for hydroxylation is 1. The Hall–Kier alpha value is -2.14. The molecule has 0 saturated heterocycles. The summed E-state index contributed by atoms with van der Waals surface area (Å²) in [4.78, 5) is 14.5. The predicted octanol–water partition coefficient (Wildman–Crippen LogP) is 3.07. The van der Waals surface area contributed by atoms with Crippen molar-refractivity contribution in [3.8, 4) is 5.75 Å². The lowest BCUT2D eigenvalue weighted by atomic mass is 10.2. The highest BCUT2D eigenvalue weighted by atomic mass is 32.1. The van der Waals surface area contributed by atoms with Crippen LogP contribution in [-0.2, 0) is 4.79 Å². The second-order valence-electron chi connectivity index (χ2n) is 4.09. The molecule has 0 aliphatic rings. The number of rotatable bonds is 4. The molecule has 0 atom stereocenters. The van der Waals surface area contributed by atoms with Crippen LogP contribution in [0.15, 0.2) is 42.6 Å². The van der Waals surface area contributed by atoms with Gasteiger partial charge in [0.15, 0.2) is 6.61 Å². The predicted molar refractivity (Wildman–Crippen MR) is 76.9 cm³/mol. The average Bonchev–Trinajstić information content (AvgIpc) is 2.41. The third kappa shape index (κ3) is 4.22. The molecule has 19 heavy (non-hydrogen) atoms. The minimum absolute atomic E-state index is 0.0291. The van der Waals surface area contributed by atoms with E-state index in [0.717, 1.165) is 5.56 Å². The molecule has 0 spiro atoms. The highest BCUT2D eigenvalue weighted by Crippen LogP contribution is 2.11. The van der Waals surface area contributed by atoms with Crippen molar-refractivity contribution in [3.63, 3.8) is 0 Å². The molecular formula is C14H14N2O2S. The maximum Gasteiger partial charge on any atom is 0.262 e. The Morgan fingerprint density at radius 3 is 2.63 bits per heavy atom. The first kappa shape index (κ1) is 13.3. The number of hydrogen-bond donors (Lipinski definition) is 2. The van der Waals surface area contributed by atoms with Crippen molar-refractivity contribution in [1.82, 2.24) is 4.98 Å². The number of benzene rings is 1. The summed E-state index contributed by atoms with van der Waals surface area (Å²) in [5, 5.41) is 2.71. The molecule has 0 radical (unpaired) electrons. The molecular weight excluding hydrogens is 260 g/mol. The molecule has 2 aromatic rings. The van der Waals surface area contributed by atoms with Crippen molar-refractivity contribution < 1.29 is 9.53 Å². The van der Waals surface area contributed by atoms with Gasteiger partial charge < -0.3 is 15.0 Å². The lowest BCUT2D eigenvalue weighted by Gasteiger charge is -2.07. The summed E-state index contributed by atoms with van der Waals surface area (Å²) in [6, 6.07) is 11.0. The normalized spacial score (nSPS) is 9.95. The number of aromatic nitrogens is 1. The van der Waals surface area contributed by atoms with Crippen LogP contribution in [0, 0.1) is 11.6 Å². The maximum atomic E-state index is 11.7. The summed E-state index contributed by atoms with van der Waals surface area (Å²) in [6.07, 6.45) is 1.64. The second kappa shape index (κ2) is 6.15. The summed E-state index contributed by atoms with van der Waals surface area (Å²) in [6.45, 7) is 1.97. The van der Waals surface area contributed by atoms with Gasteiger partial charge in [0.2, 0.25) is 0 Å². The van der Waals surface area contributed by atoms with Gasteiger partial charge in [-0.1, -0.05) is 29.9 Å². The highest BCUT2D eigenvalue weighted by Gasteiger charge is 2.03. The minimum atomic E-state index is -0.217. The van der Waals surface area contributed by atoms with Gasteiger partial charge in [-0.2, -0.15) is 0 Å². The molecule has 4 nitrogen and oxygen atoms in total. The Labute approximate surface area is 116 Å². The highest BCUT2D eigenvalue weighted by molar-refractivity contribution is 7.71. The number of carbonyl (C=O) groups excluding carboxylic acids is 1. The first-order chi connectivity index (χ1) is 9.13. The van der Waals surface area contributed by atoms with Crippen LogP contribution in [0.2, 0.25) is 0 Å². The van der Waals surface area contributed by atoms with Gasteiger partial charge in [0, 0.05) is 6.20 Å². The number of hydrogen-bond acceptors (Lipinski definition) is 3. The fourth-order valence-corrected chi connectivity index (χ4v) is 1.60. The van der Waals surface area contributed by atoms with Gasteiger partial charge in [-0.05, 0) is 31.2 Å². The van der Waals surface area contributed by atoms with E-state index in [4.69, 9.17) is 17.0 Å². The number of amides is 1. The van der Waals surface area contributed by atoms with Gasteiger partial charge in [0.1, 0.15) is 10.4 Å². The number of ether oxygens (including phenoxy) is 1. The van der Waals surface area contributed by atoms with Gasteiger partial charge in [0.05, 0.1) is 5.69 Å². The van der Waals surface area contributed by atoms with E-state index in [-0.39, 0.29) is 12.5 Å². The molecule has 2 rings (SSSR count). The number of H-pyrrole nitrogens is 1. The molecule has 0 bridgehead atoms. The van der Waals surface area contributed by atoms with Gasteiger partial charge >= 0.3 is 0 Å². The molecule has 1 aromatic heterocycles. The van der Waals surface area contributed by atoms with Crippen LogP contribution < -0.4 is 10.1 Å². The molecule has 0 aliphatic carbocycles. The van der Waals surface area contributed by atoms with Crippen molar-refractivity contribution in [2.45, 2.75) is 6.92 Å². The zero-order valence-corrected chi connectivity index (χ0v) is 11.3. The molecule has 0 aliphatic heterocycles. The molecule has 0 unspecified atom stereocenters. The lowest BCUT2D eigenvalue weighted by molar-refractivity contribution is -0.118. The van der Waals surface area contributed by atoms with E-state index in [1.807, 2.05) is 31.2 Å². The number of aromatic amines is 1. The first-order valence-corrected chi connectivity index (χ1v) is 6.22. The number of pyridine rings is 1. The van der Waals surface area contributed by atoms with Gasteiger partial charge in [-0.25, -0.2) is 0 Å². The molecule has 5 heteroatoms. The fourth-order valence-electron chi connectivity index (χ4n) is 1.47. The molecule has 1 amide bonds. The monoisotopic (exact) mass is 274 g/mol. The summed E-state index contributed by atoms with van der Waals surface area (Å²) in [5.41, 5.74) is 1.81. The summed E-state index contributed by atoms with van der Waals surface area (Å²) >= 11 is 4.92. The third-order valence-electron chi connectivity index (χ3n) is 2.46. The largest absolute Gasteiger partial charge is 0.484 e. The van der Waals surface area contributed by atoms with Crippen LogP contribution in [0.25, 0.3) is 0 Å². The summed E-state index contributed by atoms with van der Waals surface area (Å²) in [7, 11) is 0. The standard InChI is InChI=1S/C14H14N2O2S/c1-10-2-5-12(6-3-10)18-9-13(17)16-11-4-7-14(19)15-8-11/h2-8H,9H2,1H3,(H,15,19)(H,16,17). The Morgan fingerprint density at radius 2 is 2.00 bits per heavy atom. The fraction of sp³-hybridized carbons (Fsp3) is 0.143. The Balaban J connectivity index is 1.86. The van der Waals surface area contributed by atoms with E-state index >= 15 is 0 Å². The molecule has 0 saturated carbocycles. The van der Waals surface area contributed by atoms with E-state index in [2.05, 4.69) is 10.3 Å². The van der Waals surface area contributed by atoms with E-state index in [1.165, 1.54) is 0 Å². The zero-order valence-electron chi connectivity index (χ0n) is 10.5. The second-order valence-corrected chi connectivity index (χ2v) is 4.53. The number of carbonyl (C=O) groups is 1. The van der Waals surface area contributed by atoms with Crippen LogP contribution in [0.1, 0.15) is 5.56 Å². The van der Waals surface area contributed by atoms with Crippen LogP contribution >= 0.6 is 12.2 Å². The number of nitrogens with one attached hydrogen (secondary N) is 2. The summed E-state index contributed by atoms with van der Waals surface area (Å²) in [5.74, 6) is 0.458. The molecule has 2 N–H and O–H groups in total. The van der Waals surface area contributed by atoms with Gasteiger partial charge in [0.25, 0.3) is 5.91 Å². The van der Waals surface area contributed by atoms with Gasteiger partial charge in [-0.3, -0.25) is 4.79 Å². The topological polar surface area (TPSA) is 54.1 Å². The van der Waals surface area contributed by atoms with Crippen molar-refractivity contribution in [1.29, 1.82) is 0 Å². The smallest absolute Gasteiger partial charge is 0.262 e. The minimum Gasteiger partial charge on any atom is -0.484 e. The average molecular weight is 274 g/mol.